The summed E-state index contributed by atoms with van der Waals surface area (Å²) in [6.45, 7) is 3.82. The van der Waals surface area contributed by atoms with E-state index in [2.05, 4.69) is 25.2 Å². The van der Waals surface area contributed by atoms with Gasteiger partial charge in [-0.2, -0.15) is 0 Å². The van der Waals surface area contributed by atoms with E-state index in [1.54, 1.807) is 0 Å². The Morgan fingerprint density at radius 2 is 1.59 bits per heavy atom. The Balaban J connectivity index is 1.51. The fourth-order valence-corrected chi connectivity index (χ4v) is 3.91. The Kier molecular flexibility index (Phi) is 7.30. The number of hydrogen-bond acceptors (Lipinski definition) is 4. The first kappa shape index (κ1) is 20.9. The third kappa shape index (κ3) is 5.61. The third-order valence-corrected chi connectivity index (χ3v) is 5.67. The normalized spacial score (nSPS) is 10.7. The minimum Gasteiger partial charge on any atom is -0.455 e. The molecular formula is C24H25NO3S. The van der Waals surface area contributed by atoms with Gasteiger partial charge in [0.05, 0.1) is 5.75 Å². The van der Waals surface area contributed by atoms with Crippen LogP contribution < -0.4 is 5.32 Å². The zero-order valence-electron chi connectivity index (χ0n) is 16.7. The molecule has 0 fully saturated rings. The number of nitrogens with one attached hydrogen (secondary N) is 1. The van der Waals surface area contributed by atoms with Gasteiger partial charge in [-0.15, -0.1) is 11.8 Å². The lowest BCUT2D eigenvalue weighted by Gasteiger charge is -2.14. The average molecular weight is 408 g/mol. The molecule has 150 valence electrons. The van der Waals surface area contributed by atoms with E-state index in [0.717, 1.165) is 45.3 Å². The van der Waals surface area contributed by atoms with Gasteiger partial charge in [-0.3, -0.25) is 9.59 Å². The zero-order valence-corrected chi connectivity index (χ0v) is 17.6. The van der Waals surface area contributed by atoms with Gasteiger partial charge in [0.15, 0.2) is 6.61 Å². The first-order valence-corrected chi connectivity index (χ1v) is 10.8. The summed E-state index contributed by atoms with van der Waals surface area (Å²) in [6.07, 6.45) is 1.65. The van der Waals surface area contributed by atoms with Gasteiger partial charge >= 0.3 is 5.97 Å². The maximum Gasteiger partial charge on any atom is 0.316 e. The van der Waals surface area contributed by atoms with Gasteiger partial charge in [0.2, 0.25) is 0 Å². The molecule has 0 heterocycles. The van der Waals surface area contributed by atoms with Gasteiger partial charge in [-0.1, -0.05) is 62.4 Å². The van der Waals surface area contributed by atoms with Crippen LogP contribution in [0, 0.1) is 0 Å². The first-order valence-electron chi connectivity index (χ1n) is 9.78. The van der Waals surface area contributed by atoms with Crippen LogP contribution in [0.3, 0.4) is 0 Å². The van der Waals surface area contributed by atoms with E-state index in [4.69, 9.17) is 4.74 Å². The Morgan fingerprint density at radius 1 is 0.897 bits per heavy atom. The van der Waals surface area contributed by atoms with Crippen molar-refractivity contribution >= 4 is 40.1 Å². The fourth-order valence-electron chi connectivity index (χ4n) is 3.17. The van der Waals surface area contributed by atoms with Crippen LogP contribution in [-0.4, -0.2) is 24.2 Å². The molecule has 0 unspecified atom stereocenters. The highest BCUT2D eigenvalue weighted by molar-refractivity contribution is 8.00. The third-order valence-electron chi connectivity index (χ3n) is 4.71. The molecule has 3 aromatic rings. The van der Waals surface area contributed by atoms with Crippen molar-refractivity contribution < 1.29 is 14.3 Å². The van der Waals surface area contributed by atoms with Gasteiger partial charge in [-0.05, 0) is 46.9 Å². The molecular weight excluding hydrogens is 382 g/mol. The molecule has 0 radical (unpaired) electrons. The van der Waals surface area contributed by atoms with Crippen LogP contribution >= 0.6 is 11.8 Å². The van der Waals surface area contributed by atoms with Crippen LogP contribution in [0.15, 0.2) is 65.6 Å². The molecule has 5 heteroatoms. The van der Waals surface area contributed by atoms with E-state index >= 15 is 0 Å². The smallest absolute Gasteiger partial charge is 0.316 e. The minimum atomic E-state index is -0.405. The van der Waals surface area contributed by atoms with E-state index in [1.807, 2.05) is 54.6 Å². The van der Waals surface area contributed by atoms with Crippen molar-refractivity contribution in [1.82, 2.24) is 0 Å². The molecule has 0 aliphatic rings. The van der Waals surface area contributed by atoms with Gasteiger partial charge in [-0.25, -0.2) is 0 Å². The summed E-state index contributed by atoms with van der Waals surface area (Å²) < 4.78 is 5.16. The van der Waals surface area contributed by atoms with Crippen LogP contribution in [0.5, 0.6) is 0 Å². The molecule has 1 N–H and O–H groups in total. The SMILES string of the molecule is CCc1cccc(CC)c1NC(=O)COC(=O)CSc1ccc2ccccc2c1. The van der Waals surface area contributed by atoms with Crippen molar-refractivity contribution in [3.63, 3.8) is 0 Å². The number of anilines is 1. The average Bonchev–Trinajstić information content (AvgIpc) is 2.76. The number of carbonyl (C=O) groups is 2. The van der Waals surface area contributed by atoms with Crippen molar-refractivity contribution in [2.24, 2.45) is 0 Å². The molecule has 1 amide bonds. The second kappa shape index (κ2) is 10.1. The number of para-hydroxylation sites is 1. The van der Waals surface area contributed by atoms with E-state index in [9.17, 15) is 9.59 Å². The van der Waals surface area contributed by atoms with Crippen molar-refractivity contribution in [2.75, 3.05) is 17.7 Å². The summed E-state index contributed by atoms with van der Waals surface area (Å²) in [7, 11) is 0. The van der Waals surface area contributed by atoms with Crippen molar-refractivity contribution in [3.8, 4) is 0 Å². The number of fused-ring (bicyclic) bond motifs is 1. The highest BCUT2D eigenvalue weighted by Gasteiger charge is 2.12. The van der Waals surface area contributed by atoms with Crippen LogP contribution in [0.4, 0.5) is 5.69 Å². The van der Waals surface area contributed by atoms with Gasteiger partial charge < -0.3 is 10.1 Å². The molecule has 0 spiro atoms. The summed E-state index contributed by atoms with van der Waals surface area (Å²) in [4.78, 5) is 25.3. The summed E-state index contributed by atoms with van der Waals surface area (Å²) in [5, 5.41) is 5.20. The second-order valence-corrected chi connectivity index (χ2v) is 7.71. The second-order valence-electron chi connectivity index (χ2n) is 6.66. The number of amides is 1. The van der Waals surface area contributed by atoms with Gasteiger partial charge in [0.1, 0.15) is 0 Å². The van der Waals surface area contributed by atoms with E-state index in [-0.39, 0.29) is 18.3 Å². The molecule has 0 aliphatic carbocycles. The Bertz CT molecular complexity index is 994. The molecule has 0 aromatic heterocycles. The maximum atomic E-state index is 12.3. The molecule has 0 bridgehead atoms. The highest BCUT2D eigenvalue weighted by atomic mass is 32.2. The van der Waals surface area contributed by atoms with Crippen LogP contribution in [-0.2, 0) is 27.2 Å². The maximum absolute atomic E-state index is 12.3. The molecule has 0 aliphatic heterocycles. The zero-order chi connectivity index (χ0) is 20.6. The minimum absolute atomic E-state index is 0.164. The van der Waals surface area contributed by atoms with Crippen LogP contribution in [0.1, 0.15) is 25.0 Å². The van der Waals surface area contributed by atoms with Crippen molar-refractivity contribution in [2.45, 2.75) is 31.6 Å². The molecule has 0 atom stereocenters. The highest BCUT2D eigenvalue weighted by Crippen LogP contribution is 2.24. The summed E-state index contributed by atoms with van der Waals surface area (Å²) in [5.74, 6) is -0.556. The number of aryl methyl sites for hydroxylation is 2. The summed E-state index contributed by atoms with van der Waals surface area (Å²) in [6, 6.07) is 20.2. The molecule has 0 saturated heterocycles. The topological polar surface area (TPSA) is 55.4 Å². The number of thioether (sulfide) groups is 1. The number of esters is 1. The van der Waals surface area contributed by atoms with Crippen molar-refractivity contribution in [3.05, 3.63) is 71.8 Å². The Hall–Kier alpha value is -2.79. The predicted octanol–water partition coefficient (Wildman–Crippen LogP) is 5.24. The van der Waals surface area contributed by atoms with Crippen LogP contribution in [0.2, 0.25) is 0 Å². The quantitative estimate of drug-likeness (QED) is 0.410. The number of benzene rings is 3. The number of hydrogen-bond donors (Lipinski definition) is 1. The summed E-state index contributed by atoms with van der Waals surface area (Å²) in [5.41, 5.74) is 3.00. The number of ether oxygens (including phenoxy) is 1. The van der Waals surface area contributed by atoms with Gasteiger partial charge in [0, 0.05) is 10.6 Å². The lowest BCUT2D eigenvalue weighted by Crippen LogP contribution is -2.22. The van der Waals surface area contributed by atoms with E-state index in [1.165, 1.54) is 11.8 Å². The standard InChI is InChI=1S/C24H25NO3S/c1-3-17-10-7-11-18(4-2)24(17)25-22(26)15-28-23(27)16-29-21-13-12-19-8-5-6-9-20(19)14-21/h5-14H,3-4,15-16H2,1-2H3,(H,25,26). The number of carbonyl (C=O) groups excluding carboxylic acids is 2. The van der Waals surface area contributed by atoms with Crippen LogP contribution in [0.25, 0.3) is 10.8 Å². The van der Waals surface area contributed by atoms with E-state index in [0.29, 0.717) is 0 Å². The summed E-state index contributed by atoms with van der Waals surface area (Å²) >= 11 is 1.40. The van der Waals surface area contributed by atoms with Crippen molar-refractivity contribution in [1.29, 1.82) is 0 Å². The van der Waals surface area contributed by atoms with Gasteiger partial charge in [0.25, 0.3) is 5.91 Å². The lowest BCUT2D eigenvalue weighted by molar-refractivity contribution is -0.144. The van der Waals surface area contributed by atoms with E-state index < -0.39 is 5.97 Å². The molecule has 29 heavy (non-hydrogen) atoms. The largest absolute Gasteiger partial charge is 0.455 e. The molecule has 4 nitrogen and oxygen atoms in total. The number of rotatable bonds is 8. The molecule has 0 saturated carbocycles. The molecule has 3 aromatic carbocycles. The first-order chi connectivity index (χ1) is 14.1. The Labute approximate surface area is 175 Å². The fraction of sp³-hybridized carbons (Fsp3) is 0.250. The molecule has 3 rings (SSSR count). The lowest BCUT2D eigenvalue weighted by atomic mass is 10.0. The monoisotopic (exact) mass is 407 g/mol. The Morgan fingerprint density at radius 3 is 2.28 bits per heavy atom. The predicted molar refractivity (Wildman–Crippen MR) is 119 cm³/mol.